The van der Waals surface area contributed by atoms with Crippen molar-refractivity contribution >= 4 is 17.7 Å². The molecule has 2 aromatic rings. The molecule has 2 saturated carbocycles. The molecule has 1 aliphatic heterocycles. The molecule has 5 rings (SSSR count). The van der Waals surface area contributed by atoms with Crippen LogP contribution in [0, 0.1) is 0 Å². The third-order valence-corrected chi connectivity index (χ3v) is 5.97. The molecule has 0 saturated heterocycles. The van der Waals surface area contributed by atoms with Gasteiger partial charge in [-0.2, -0.15) is 0 Å². The average molecular weight is 349 g/mol. The molecule has 1 amide bonds. The van der Waals surface area contributed by atoms with Gasteiger partial charge in [-0.15, -0.1) is 0 Å². The van der Waals surface area contributed by atoms with E-state index in [1.807, 2.05) is 43.3 Å². The molecule has 0 atom stereocenters. The Bertz CT molecular complexity index is 853. The zero-order valence-electron chi connectivity index (χ0n) is 15.1. The van der Waals surface area contributed by atoms with E-state index in [-0.39, 0.29) is 11.9 Å². The van der Waals surface area contributed by atoms with Crippen LogP contribution < -0.4 is 10.2 Å². The van der Waals surface area contributed by atoms with Gasteiger partial charge in [0.2, 0.25) is 11.9 Å². The second-order valence-electron chi connectivity index (χ2n) is 8.26. The van der Waals surface area contributed by atoms with Crippen molar-refractivity contribution < 1.29 is 4.79 Å². The van der Waals surface area contributed by atoms with Gasteiger partial charge in [-0.05, 0) is 57.1 Å². The van der Waals surface area contributed by atoms with Gasteiger partial charge >= 0.3 is 0 Å². The lowest BCUT2D eigenvalue weighted by Gasteiger charge is -2.41. The van der Waals surface area contributed by atoms with Crippen LogP contribution in [-0.2, 0) is 10.2 Å². The van der Waals surface area contributed by atoms with Crippen molar-refractivity contribution in [3.05, 3.63) is 41.9 Å². The van der Waals surface area contributed by atoms with Gasteiger partial charge in [-0.25, -0.2) is 15.0 Å². The SMILES string of the molecule is CC1(C)C(=O)N([C@H]2C[C@H](Nc3ncc(C4CC4)cn3)C2)c2ncccc21. The van der Waals surface area contributed by atoms with Crippen LogP contribution in [0.2, 0.25) is 0 Å². The van der Waals surface area contributed by atoms with E-state index in [9.17, 15) is 4.79 Å². The first-order chi connectivity index (χ1) is 12.5. The van der Waals surface area contributed by atoms with Gasteiger partial charge in [0, 0.05) is 36.2 Å². The highest BCUT2D eigenvalue weighted by Crippen LogP contribution is 2.44. The van der Waals surface area contributed by atoms with Crippen molar-refractivity contribution in [2.24, 2.45) is 0 Å². The predicted molar refractivity (Wildman–Crippen MR) is 99.2 cm³/mol. The summed E-state index contributed by atoms with van der Waals surface area (Å²) >= 11 is 0. The Kier molecular flexibility index (Phi) is 3.33. The summed E-state index contributed by atoms with van der Waals surface area (Å²) in [6.07, 6.45) is 9.96. The fourth-order valence-electron chi connectivity index (χ4n) is 4.07. The highest BCUT2D eigenvalue weighted by Gasteiger charge is 2.50. The maximum atomic E-state index is 12.9. The van der Waals surface area contributed by atoms with E-state index in [0.29, 0.717) is 17.9 Å². The lowest BCUT2D eigenvalue weighted by molar-refractivity contribution is -0.122. The number of amides is 1. The minimum Gasteiger partial charge on any atom is -0.351 e. The van der Waals surface area contributed by atoms with Crippen molar-refractivity contribution in [2.45, 2.75) is 62.9 Å². The Labute approximate surface area is 153 Å². The lowest BCUT2D eigenvalue weighted by Crippen LogP contribution is -2.53. The summed E-state index contributed by atoms with van der Waals surface area (Å²) in [5.74, 6) is 2.34. The maximum absolute atomic E-state index is 12.9. The van der Waals surface area contributed by atoms with E-state index in [1.165, 1.54) is 18.4 Å². The molecule has 2 aromatic heterocycles. The number of fused-ring (bicyclic) bond motifs is 1. The molecule has 26 heavy (non-hydrogen) atoms. The molecule has 0 spiro atoms. The van der Waals surface area contributed by atoms with Crippen molar-refractivity contribution in [3.63, 3.8) is 0 Å². The minimum atomic E-state index is -0.496. The summed E-state index contributed by atoms with van der Waals surface area (Å²) in [7, 11) is 0. The number of hydrogen-bond acceptors (Lipinski definition) is 5. The van der Waals surface area contributed by atoms with Crippen molar-refractivity contribution in [2.75, 3.05) is 10.2 Å². The van der Waals surface area contributed by atoms with E-state index in [4.69, 9.17) is 0 Å². The second kappa shape index (κ2) is 5.50. The highest BCUT2D eigenvalue weighted by molar-refractivity contribution is 6.07. The standard InChI is InChI=1S/C20H23N5O/c1-20(2)16-4-3-7-21-17(16)25(18(20)26)15-8-14(9-15)24-19-22-10-13(11-23-19)12-5-6-12/h3-4,7,10-12,14-15H,5-6,8-9H2,1-2H3,(H,22,23,24)/t14-,15-. The smallest absolute Gasteiger partial charge is 0.238 e. The number of carbonyl (C=O) groups excluding carboxylic acids is 1. The summed E-state index contributed by atoms with van der Waals surface area (Å²) < 4.78 is 0. The summed E-state index contributed by atoms with van der Waals surface area (Å²) in [5, 5.41) is 3.40. The van der Waals surface area contributed by atoms with Crippen molar-refractivity contribution in [1.82, 2.24) is 15.0 Å². The topological polar surface area (TPSA) is 71.0 Å². The summed E-state index contributed by atoms with van der Waals surface area (Å²) in [5.41, 5.74) is 1.78. The van der Waals surface area contributed by atoms with E-state index in [0.717, 1.165) is 24.2 Å². The first-order valence-electron chi connectivity index (χ1n) is 9.41. The lowest BCUT2D eigenvalue weighted by atomic mass is 9.84. The van der Waals surface area contributed by atoms with Crippen LogP contribution in [0.15, 0.2) is 30.7 Å². The van der Waals surface area contributed by atoms with Crippen LogP contribution in [0.25, 0.3) is 0 Å². The van der Waals surface area contributed by atoms with Gasteiger partial charge < -0.3 is 5.32 Å². The number of carbonyl (C=O) groups is 1. The second-order valence-corrected chi connectivity index (χ2v) is 8.26. The molecule has 3 heterocycles. The zero-order valence-corrected chi connectivity index (χ0v) is 15.1. The highest BCUT2D eigenvalue weighted by atomic mass is 16.2. The molecule has 6 heteroatoms. The molecule has 3 aliphatic rings. The van der Waals surface area contributed by atoms with Gasteiger partial charge in [0.05, 0.1) is 5.41 Å². The van der Waals surface area contributed by atoms with E-state index in [1.54, 1.807) is 6.20 Å². The maximum Gasteiger partial charge on any atom is 0.238 e. The van der Waals surface area contributed by atoms with Crippen molar-refractivity contribution in [1.29, 1.82) is 0 Å². The quantitative estimate of drug-likeness (QED) is 0.919. The summed E-state index contributed by atoms with van der Waals surface area (Å²) in [6, 6.07) is 4.42. The van der Waals surface area contributed by atoms with Crippen LogP contribution in [0.1, 0.15) is 56.6 Å². The van der Waals surface area contributed by atoms with Gasteiger partial charge in [0.25, 0.3) is 0 Å². The molecule has 2 aliphatic carbocycles. The number of hydrogen-bond donors (Lipinski definition) is 1. The monoisotopic (exact) mass is 349 g/mol. The Morgan fingerprint density at radius 1 is 1.15 bits per heavy atom. The van der Waals surface area contributed by atoms with Gasteiger partial charge in [-0.3, -0.25) is 9.69 Å². The number of anilines is 2. The zero-order chi connectivity index (χ0) is 17.9. The Morgan fingerprint density at radius 2 is 1.88 bits per heavy atom. The molecular weight excluding hydrogens is 326 g/mol. The number of aromatic nitrogens is 3. The molecule has 0 aromatic carbocycles. The predicted octanol–water partition coefficient (Wildman–Crippen LogP) is 3.02. The Hall–Kier alpha value is -2.50. The third kappa shape index (κ3) is 2.39. The largest absolute Gasteiger partial charge is 0.351 e. The van der Waals surface area contributed by atoms with E-state index < -0.39 is 5.41 Å². The van der Waals surface area contributed by atoms with E-state index >= 15 is 0 Å². The van der Waals surface area contributed by atoms with Crippen LogP contribution in [-0.4, -0.2) is 32.9 Å². The molecule has 0 unspecified atom stereocenters. The molecular formula is C20H23N5O. The normalized spacial score (nSPS) is 26.4. The van der Waals surface area contributed by atoms with Gasteiger partial charge in [0.15, 0.2) is 0 Å². The first-order valence-corrected chi connectivity index (χ1v) is 9.41. The minimum absolute atomic E-state index is 0.152. The molecule has 6 nitrogen and oxygen atoms in total. The number of pyridine rings is 1. The molecule has 134 valence electrons. The molecule has 1 N–H and O–H groups in total. The number of nitrogens with zero attached hydrogens (tertiary/aromatic N) is 4. The summed E-state index contributed by atoms with van der Waals surface area (Å²) in [6.45, 7) is 3.97. The number of rotatable bonds is 4. The van der Waals surface area contributed by atoms with Crippen molar-refractivity contribution in [3.8, 4) is 0 Å². The average Bonchev–Trinajstić information content (AvgIpc) is 3.43. The van der Waals surface area contributed by atoms with E-state index in [2.05, 4.69) is 20.3 Å². The fourth-order valence-corrected chi connectivity index (χ4v) is 4.07. The summed E-state index contributed by atoms with van der Waals surface area (Å²) in [4.78, 5) is 28.2. The fraction of sp³-hybridized carbons (Fsp3) is 0.500. The number of nitrogens with one attached hydrogen (secondary N) is 1. The first kappa shape index (κ1) is 15.7. The van der Waals surface area contributed by atoms with Gasteiger partial charge in [0.1, 0.15) is 5.82 Å². The molecule has 0 bridgehead atoms. The Balaban J connectivity index is 1.26. The third-order valence-electron chi connectivity index (χ3n) is 5.97. The van der Waals surface area contributed by atoms with Gasteiger partial charge in [-0.1, -0.05) is 6.07 Å². The molecule has 0 radical (unpaired) electrons. The van der Waals surface area contributed by atoms with Crippen LogP contribution in [0.4, 0.5) is 11.8 Å². The van der Waals surface area contributed by atoms with Crippen LogP contribution >= 0.6 is 0 Å². The Morgan fingerprint density at radius 3 is 2.58 bits per heavy atom. The van der Waals surface area contributed by atoms with Crippen LogP contribution in [0.3, 0.4) is 0 Å². The van der Waals surface area contributed by atoms with Crippen LogP contribution in [0.5, 0.6) is 0 Å². The molecule has 2 fully saturated rings.